The van der Waals surface area contributed by atoms with E-state index in [1.807, 2.05) is 9.58 Å². The van der Waals surface area contributed by atoms with Gasteiger partial charge in [0.25, 0.3) is 5.91 Å². The number of fused-ring (bicyclic) bond motifs is 1. The molecule has 1 amide bonds. The molecule has 5 nitrogen and oxygen atoms in total. The lowest BCUT2D eigenvalue weighted by atomic mass is 9.91. The largest absolute Gasteiger partial charge is 0.337 e. The molecule has 0 spiro atoms. The third kappa shape index (κ3) is 3.29. The summed E-state index contributed by atoms with van der Waals surface area (Å²) in [6.45, 7) is 7.86. The van der Waals surface area contributed by atoms with Gasteiger partial charge in [0.2, 0.25) is 0 Å². The normalized spacial score (nSPS) is 18.6. The van der Waals surface area contributed by atoms with Crippen LogP contribution in [-0.2, 0) is 12.8 Å². The summed E-state index contributed by atoms with van der Waals surface area (Å²) in [6.07, 6.45) is 5.03. The Balaban J connectivity index is 1.64. The molecule has 1 saturated heterocycles. The van der Waals surface area contributed by atoms with Gasteiger partial charge < -0.3 is 10.6 Å². The lowest BCUT2D eigenvalue weighted by Crippen LogP contribution is -2.42. The van der Waals surface area contributed by atoms with E-state index >= 15 is 0 Å². The lowest BCUT2D eigenvalue weighted by molar-refractivity contribution is 0.0673. The van der Waals surface area contributed by atoms with Gasteiger partial charge in [-0.3, -0.25) is 4.79 Å². The highest BCUT2D eigenvalue weighted by atomic mass is 16.2. The topological polar surface area (TPSA) is 64.2 Å². The van der Waals surface area contributed by atoms with E-state index in [9.17, 15) is 4.79 Å². The Morgan fingerprint density at radius 2 is 1.96 bits per heavy atom. The fourth-order valence-corrected chi connectivity index (χ4v) is 4.63. The smallest absolute Gasteiger partial charge is 0.274 e. The number of piperidine rings is 1. The van der Waals surface area contributed by atoms with Gasteiger partial charge in [0.1, 0.15) is 0 Å². The van der Waals surface area contributed by atoms with E-state index in [1.54, 1.807) is 0 Å². The zero-order valence-electron chi connectivity index (χ0n) is 16.7. The molecule has 2 heterocycles. The average Bonchev–Trinajstić information content (AvgIpc) is 3.24. The van der Waals surface area contributed by atoms with Gasteiger partial charge in [-0.2, -0.15) is 5.10 Å². The average molecular weight is 367 g/mol. The third-order valence-corrected chi connectivity index (χ3v) is 6.28. The predicted molar refractivity (Wildman–Crippen MR) is 107 cm³/mol. The van der Waals surface area contributed by atoms with Crippen LogP contribution in [0.4, 0.5) is 0 Å². The van der Waals surface area contributed by atoms with Crippen molar-refractivity contribution in [1.82, 2.24) is 14.7 Å². The van der Waals surface area contributed by atoms with Crippen molar-refractivity contribution in [1.29, 1.82) is 0 Å². The van der Waals surface area contributed by atoms with Gasteiger partial charge in [-0.25, -0.2) is 4.68 Å². The van der Waals surface area contributed by atoms with Crippen molar-refractivity contribution in [3.05, 3.63) is 46.3 Å². The van der Waals surface area contributed by atoms with Crippen LogP contribution in [0.2, 0.25) is 0 Å². The maximum Gasteiger partial charge on any atom is 0.274 e. The van der Waals surface area contributed by atoms with Gasteiger partial charge in [-0.1, -0.05) is 17.7 Å². The van der Waals surface area contributed by atoms with E-state index in [2.05, 4.69) is 39.0 Å². The number of nitrogens with zero attached hydrogens (tertiary/aromatic N) is 3. The Bertz CT molecular complexity index is 859. The van der Waals surface area contributed by atoms with Gasteiger partial charge in [0.05, 0.1) is 5.69 Å². The molecule has 5 heteroatoms. The van der Waals surface area contributed by atoms with E-state index in [-0.39, 0.29) is 11.9 Å². The predicted octanol–water partition coefficient (Wildman–Crippen LogP) is 3.18. The summed E-state index contributed by atoms with van der Waals surface area (Å²) < 4.78 is 2.03. The highest BCUT2D eigenvalue weighted by molar-refractivity contribution is 5.94. The fraction of sp³-hybridized carbons (Fsp3) is 0.545. The van der Waals surface area contributed by atoms with Crippen LogP contribution in [0.3, 0.4) is 0 Å². The Morgan fingerprint density at radius 1 is 1.22 bits per heavy atom. The minimum Gasteiger partial charge on any atom is -0.337 e. The summed E-state index contributed by atoms with van der Waals surface area (Å²) in [5, 5.41) is 4.82. The molecule has 1 unspecified atom stereocenters. The van der Waals surface area contributed by atoms with Crippen LogP contribution in [0.5, 0.6) is 0 Å². The number of nitrogens with two attached hydrogens (primary N) is 1. The summed E-state index contributed by atoms with van der Waals surface area (Å²) in [7, 11) is 0. The maximum atomic E-state index is 13.2. The van der Waals surface area contributed by atoms with E-state index in [1.165, 1.54) is 16.8 Å². The van der Waals surface area contributed by atoms with E-state index in [0.717, 1.165) is 56.4 Å². The SMILES string of the molecule is Cc1ccc(-n2nc(C(=O)N3CCC(C(C)N)CC3)c3c2CCC3)c(C)c1. The summed E-state index contributed by atoms with van der Waals surface area (Å²) in [4.78, 5) is 15.2. The maximum absolute atomic E-state index is 13.2. The Kier molecular flexibility index (Phi) is 4.81. The minimum atomic E-state index is 0.0970. The zero-order valence-corrected chi connectivity index (χ0v) is 16.7. The fourth-order valence-electron chi connectivity index (χ4n) is 4.63. The number of carbonyl (C=O) groups excluding carboxylic acids is 1. The van der Waals surface area contributed by atoms with Gasteiger partial charge in [-0.15, -0.1) is 0 Å². The molecular weight excluding hydrogens is 336 g/mol. The second kappa shape index (κ2) is 7.12. The highest BCUT2D eigenvalue weighted by Gasteiger charge is 2.32. The molecule has 4 rings (SSSR count). The highest BCUT2D eigenvalue weighted by Crippen LogP contribution is 2.30. The molecule has 2 N–H and O–H groups in total. The van der Waals surface area contributed by atoms with E-state index in [4.69, 9.17) is 10.8 Å². The monoisotopic (exact) mass is 366 g/mol. The second-order valence-electron chi connectivity index (χ2n) is 8.32. The first-order chi connectivity index (χ1) is 13.0. The van der Waals surface area contributed by atoms with Crippen LogP contribution in [0, 0.1) is 19.8 Å². The number of likely N-dealkylation sites (tertiary alicyclic amines) is 1. The molecule has 27 heavy (non-hydrogen) atoms. The molecule has 1 aromatic carbocycles. The molecule has 1 aliphatic carbocycles. The van der Waals surface area contributed by atoms with Gasteiger partial charge in [0.15, 0.2) is 5.69 Å². The van der Waals surface area contributed by atoms with E-state index in [0.29, 0.717) is 11.6 Å². The Labute approximate surface area is 161 Å². The number of carbonyl (C=O) groups is 1. The molecule has 0 bridgehead atoms. The van der Waals surface area contributed by atoms with Crippen LogP contribution >= 0.6 is 0 Å². The van der Waals surface area contributed by atoms with Crippen LogP contribution in [0.1, 0.15) is 59.1 Å². The number of aryl methyl sites for hydroxylation is 2. The van der Waals surface area contributed by atoms with E-state index < -0.39 is 0 Å². The van der Waals surface area contributed by atoms with Gasteiger partial charge >= 0.3 is 0 Å². The number of hydrogen-bond donors (Lipinski definition) is 1. The standard InChI is InChI=1S/C22H30N4O/c1-14-7-8-19(15(2)13-14)26-20-6-4-5-18(20)21(24-26)22(27)25-11-9-17(10-12-25)16(3)23/h7-8,13,16-17H,4-6,9-12,23H2,1-3H3. The van der Waals surface area contributed by atoms with Crippen LogP contribution in [-0.4, -0.2) is 39.7 Å². The summed E-state index contributed by atoms with van der Waals surface area (Å²) in [5.74, 6) is 0.618. The summed E-state index contributed by atoms with van der Waals surface area (Å²) in [5.41, 5.74) is 12.6. The first-order valence-electron chi connectivity index (χ1n) is 10.2. The number of hydrogen-bond acceptors (Lipinski definition) is 3. The van der Waals surface area contributed by atoms with Crippen molar-refractivity contribution in [3.63, 3.8) is 0 Å². The van der Waals surface area contributed by atoms with Crippen LogP contribution in [0.25, 0.3) is 5.69 Å². The molecule has 2 aliphatic rings. The molecule has 144 valence electrons. The number of benzene rings is 1. The Morgan fingerprint density at radius 3 is 2.63 bits per heavy atom. The van der Waals surface area contributed by atoms with Crippen molar-refractivity contribution in [2.24, 2.45) is 11.7 Å². The minimum absolute atomic E-state index is 0.0970. The van der Waals surface area contributed by atoms with Crippen molar-refractivity contribution in [2.45, 2.75) is 58.9 Å². The molecule has 1 aliphatic heterocycles. The first kappa shape index (κ1) is 18.2. The van der Waals surface area contributed by atoms with Crippen molar-refractivity contribution >= 4 is 5.91 Å². The summed E-state index contributed by atoms with van der Waals surface area (Å²) >= 11 is 0. The van der Waals surface area contributed by atoms with Crippen molar-refractivity contribution < 1.29 is 4.79 Å². The van der Waals surface area contributed by atoms with Crippen LogP contribution < -0.4 is 5.73 Å². The Hall–Kier alpha value is -2.14. The van der Waals surface area contributed by atoms with Crippen LogP contribution in [0.15, 0.2) is 18.2 Å². The second-order valence-corrected chi connectivity index (χ2v) is 8.32. The molecule has 1 fully saturated rings. The molecule has 1 aromatic heterocycles. The lowest BCUT2D eigenvalue weighted by Gasteiger charge is -2.33. The first-order valence-corrected chi connectivity index (χ1v) is 10.2. The molecule has 2 aromatic rings. The van der Waals surface area contributed by atoms with Crippen molar-refractivity contribution in [3.8, 4) is 5.69 Å². The third-order valence-electron chi connectivity index (χ3n) is 6.28. The quantitative estimate of drug-likeness (QED) is 0.907. The van der Waals surface area contributed by atoms with Gasteiger partial charge in [-0.05, 0) is 70.4 Å². The number of amides is 1. The zero-order chi connectivity index (χ0) is 19.1. The van der Waals surface area contributed by atoms with Gasteiger partial charge in [0, 0.05) is 30.4 Å². The van der Waals surface area contributed by atoms with Crippen molar-refractivity contribution in [2.75, 3.05) is 13.1 Å². The molecule has 0 radical (unpaired) electrons. The molecule has 0 saturated carbocycles. The summed E-state index contributed by atoms with van der Waals surface area (Å²) in [6, 6.07) is 6.62. The number of aromatic nitrogens is 2. The number of rotatable bonds is 3. The molecular formula is C22H30N4O. The molecule has 1 atom stereocenters.